The summed E-state index contributed by atoms with van der Waals surface area (Å²) in [6, 6.07) is 13.4. The van der Waals surface area contributed by atoms with E-state index in [9.17, 15) is 18.8 Å². The first-order chi connectivity index (χ1) is 14.3. The zero-order chi connectivity index (χ0) is 21.7. The van der Waals surface area contributed by atoms with E-state index in [2.05, 4.69) is 10.6 Å². The number of carbonyl (C=O) groups is 3. The minimum absolute atomic E-state index is 0.159. The summed E-state index contributed by atoms with van der Waals surface area (Å²) in [6.45, 7) is 3.02. The van der Waals surface area contributed by atoms with Crippen molar-refractivity contribution in [2.24, 2.45) is 0 Å². The highest BCUT2D eigenvalue weighted by molar-refractivity contribution is 6.02. The molecule has 154 valence electrons. The maximum atomic E-state index is 13.6. The van der Waals surface area contributed by atoms with Crippen molar-refractivity contribution in [1.29, 1.82) is 0 Å². The Hall–Kier alpha value is -3.94. The van der Waals surface area contributed by atoms with Gasteiger partial charge in [0, 0.05) is 11.4 Å². The van der Waals surface area contributed by atoms with Crippen LogP contribution in [0.2, 0.25) is 0 Å². The van der Waals surface area contributed by atoms with E-state index in [1.54, 1.807) is 19.1 Å². The van der Waals surface area contributed by atoms with Gasteiger partial charge in [-0.2, -0.15) is 0 Å². The third-order valence-electron chi connectivity index (χ3n) is 4.22. The second kappa shape index (κ2) is 9.04. The van der Waals surface area contributed by atoms with Crippen molar-refractivity contribution < 1.29 is 27.9 Å². The van der Waals surface area contributed by atoms with Crippen LogP contribution in [-0.2, 0) is 9.53 Å². The van der Waals surface area contributed by atoms with Crippen LogP contribution < -0.4 is 10.6 Å². The molecule has 1 heterocycles. The molecule has 8 heteroatoms. The first-order valence-electron chi connectivity index (χ1n) is 9.06. The molecule has 0 bridgehead atoms. The molecule has 3 rings (SSSR count). The minimum Gasteiger partial charge on any atom is -0.459 e. The molecule has 1 atom stereocenters. The van der Waals surface area contributed by atoms with Crippen LogP contribution in [0.25, 0.3) is 0 Å². The average Bonchev–Trinajstić information content (AvgIpc) is 3.26. The fraction of sp³-hybridized carbons (Fsp3) is 0.136. The van der Waals surface area contributed by atoms with E-state index in [-0.39, 0.29) is 17.0 Å². The van der Waals surface area contributed by atoms with Crippen LogP contribution in [0.15, 0.2) is 65.3 Å². The van der Waals surface area contributed by atoms with Gasteiger partial charge in [-0.25, -0.2) is 9.18 Å². The van der Waals surface area contributed by atoms with Crippen LogP contribution in [-0.4, -0.2) is 23.9 Å². The second-order valence-corrected chi connectivity index (χ2v) is 6.51. The zero-order valence-electron chi connectivity index (χ0n) is 16.3. The molecular weight excluding hydrogens is 391 g/mol. The lowest BCUT2D eigenvalue weighted by Gasteiger charge is -2.14. The molecular formula is C22H19FN2O5. The van der Waals surface area contributed by atoms with Crippen molar-refractivity contribution in [3.63, 3.8) is 0 Å². The molecule has 0 aliphatic carbocycles. The number of aryl methyl sites for hydroxylation is 1. The van der Waals surface area contributed by atoms with Gasteiger partial charge in [-0.1, -0.05) is 6.07 Å². The van der Waals surface area contributed by atoms with Gasteiger partial charge in [-0.15, -0.1) is 0 Å². The van der Waals surface area contributed by atoms with Gasteiger partial charge in [0.2, 0.25) is 0 Å². The Morgan fingerprint density at radius 1 is 1.00 bits per heavy atom. The number of nitrogens with one attached hydrogen (secondary N) is 2. The molecule has 1 unspecified atom stereocenters. The molecule has 3 aromatic rings. The standard InChI is InChI=1S/C22H19FN2O5/c1-13-5-8-17(12-18(13)23)25-20(26)14(2)30-22(28)15-6-9-16(10-7-15)24-21(27)19-4-3-11-29-19/h3-12,14H,1-2H3,(H,24,27)(H,25,26). The van der Waals surface area contributed by atoms with Gasteiger partial charge in [0.1, 0.15) is 5.82 Å². The summed E-state index contributed by atoms with van der Waals surface area (Å²) in [6.07, 6.45) is 0.293. The topological polar surface area (TPSA) is 97.6 Å². The predicted molar refractivity (Wildman–Crippen MR) is 108 cm³/mol. The van der Waals surface area contributed by atoms with Crippen LogP contribution in [0, 0.1) is 12.7 Å². The Morgan fingerprint density at radius 2 is 1.70 bits per heavy atom. The van der Waals surface area contributed by atoms with E-state index < -0.39 is 29.7 Å². The molecule has 0 radical (unpaired) electrons. The highest BCUT2D eigenvalue weighted by Crippen LogP contribution is 2.16. The number of ether oxygens (including phenoxy) is 1. The molecule has 30 heavy (non-hydrogen) atoms. The zero-order valence-corrected chi connectivity index (χ0v) is 16.3. The minimum atomic E-state index is -1.10. The Morgan fingerprint density at radius 3 is 2.33 bits per heavy atom. The second-order valence-electron chi connectivity index (χ2n) is 6.51. The number of anilines is 2. The fourth-order valence-corrected chi connectivity index (χ4v) is 2.49. The maximum absolute atomic E-state index is 13.6. The Labute approximate surface area is 171 Å². The molecule has 0 fully saturated rings. The molecule has 0 saturated heterocycles. The van der Waals surface area contributed by atoms with Crippen molar-refractivity contribution >= 4 is 29.2 Å². The van der Waals surface area contributed by atoms with Crippen molar-refractivity contribution in [3.8, 4) is 0 Å². The van der Waals surface area contributed by atoms with E-state index in [0.717, 1.165) is 0 Å². The van der Waals surface area contributed by atoms with Crippen molar-refractivity contribution in [3.05, 3.63) is 83.6 Å². The Kier molecular flexibility index (Phi) is 6.26. The number of furan rings is 1. The Balaban J connectivity index is 1.56. The Bertz CT molecular complexity index is 1060. The normalized spacial score (nSPS) is 11.4. The van der Waals surface area contributed by atoms with Gasteiger partial charge in [-0.3, -0.25) is 9.59 Å². The van der Waals surface area contributed by atoms with Crippen LogP contribution in [0.5, 0.6) is 0 Å². The van der Waals surface area contributed by atoms with Gasteiger partial charge < -0.3 is 19.8 Å². The molecule has 0 saturated carbocycles. The van der Waals surface area contributed by atoms with E-state index in [1.165, 1.54) is 55.7 Å². The van der Waals surface area contributed by atoms with E-state index in [1.807, 2.05) is 0 Å². The fourth-order valence-electron chi connectivity index (χ4n) is 2.49. The molecule has 0 spiro atoms. The number of halogens is 1. The summed E-state index contributed by atoms with van der Waals surface area (Å²) in [4.78, 5) is 36.4. The first kappa shape index (κ1) is 20.8. The summed E-state index contributed by atoms with van der Waals surface area (Å²) >= 11 is 0. The number of hydrogen-bond donors (Lipinski definition) is 2. The summed E-state index contributed by atoms with van der Waals surface area (Å²) in [5.74, 6) is -2.01. The lowest BCUT2D eigenvalue weighted by atomic mass is 10.2. The van der Waals surface area contributed by atoms with Crippen molar-refractivity contribution in [2.45, 2.75) is 20.0 Å². The first-order valence-corrected chi connectivity index (χ1v) is 9.06. The highest BCUT2D eigenvalue weighted by Gasteiger charge is 2.19. The number of rotatable bonds is 6. The van der Waals surface area contributed by atoms with Gasteiger partial charge in [0.05, 0.1) is 11.8 Å². The summed E-state index contributed by atoms with van der Waals surface area (Å²) < 4.78 is 23.7. The van der Waals surface area contributed by atoms with Crippen molar-refractivity contribution in [1.82, 2.24) is 0 Å². The van der Waals surface area contributed by atoms with E-state index in [0.29, 0.717) is 11.3 Å². The number of carbonyl (C=O) groups excluding carboxylic acids is 3. The third kappa shape index (κ3) is 5.11. The quantitative estimate of drug-likeness (QED) is 0.595. The lowest BCUT2D eigenvalue weighted by Crippen LogP contribution is -2.30. The number of hydrogen-bond acceptors (Lipinski definition) is 5. The molecule has 7 nitrogen and oxygen atoms in total. The van der Waals surface area contributed by atoms with Crippen LogP contribution in [0.1, 0.15) is 33.4 Å². The molecule has 2 aromatic carbocycles. The highest BCUT2D eigenvalue weighted by atomic mass is 19.1. The van der Waals surface area contributed by atoms with Crippen LogP contribution in [0.4, 0.5) is 15.8 Å². The van der Waals surface area contributed by atoms with Gasteiger partial charge in [0.25, 0.3) is 11.8 Å². The maximum Gasteiger partial charge on any atom is 0.338 e. The smallest absolute Gasteiger partial charge is 0.338 e. The molecule has 2 N–H and O–H groups in total. The number of benzene rings is 2. The SMILES string of the molecule is Cc1ccc(NC(=O)C(C)OC(=O)c2ccc(NC(=O)c3ccco3)cc2)cc1F. The van der Waals surface area contributed by atoms with Gasteiger partial charge in [-0.05, 0) is 67.9 Å². The largest absolute Gasteiger partial charge is 0.459 e. The summed E-state index contributed by atoms with van der Waals surface area (Å²) in [5, 5.41) is 5.12. The van der Waals surface area contributed by atoms with Crippen LogP contribution >= 0.6 is 0 Å². The number of amides is 2. The van der Waals surface area contributed by atoms with Gasteiger partial charge >= 0.3 is 5.97 Å². The summed E-state index contributed by atoms with van der Waals surface area (Å²) in [7, 11) is 0. The molecule has 0 aliphatic heterocycles. The third-order valence-corrected chi connectivity index (χ3v) is 4.22. The molecule has 0 aliphatic rings. The molecule has 1 aromatic heterocycles. The van der Waals surface area contributed by atoms with E-state index in [4.69, 9.17) is 9.15 Å². The average molecular weight is 410 g/mol. The number of esters is 1. The van der Waals surface area contributed by atoms with Gasteiger partial charge in [0.15, 0.2) is 11.9 Å². The van der Waals surface area contributed by atoms with Crippen molar-refractivity contribution in [2.75, 3.05) is 10.6 Å². The lowest BCUT2D eigenvalue weighted by molar-refractivity contribution is -0.123. The van der Waals surface area contributed by atoms with E-state index >= 15 is 0 Å². The monoisotopic (exact) mass is 410 g/mol. The predicted octanol–water partition coefficient (Wildman–Crippen LogP) is 4.16. The van der Waals surface area contributed by atoms with Crippen LogP contribution in [0.3, 0.4) is 0 Å². The molecule has 2 amide bonds. The summed E-state index contributed by atoms with van der Waals surface area (Å²) in [5.41, 5.74) is 1.38.